The van der Waals surface area contributed by atoms with Gasteiger partial charge in [-0.15, -0.1) is 0 Å². The lowest BCUT2D eigenvalue weighted by atomic mass is 9.96. The first-order valence-electron chi connectivity index (χ1n) is 6.84. The number of anilines is 2. The summed E-state index contributed by atoms with van der Waals surface area (Å²) in [5, 5.41) is 0.950. The predicted octanol–water partition coefficient (Wildman–Crippen LogP) is 1.52. The molecule has 0 saturated carbocycles. The largest absolute Gasteiger partial charge is 0.398 e. The molecule has 1 saturated heterocycles. The van der Waals surface area contributed by atoms with Crippen molar-refractivity contribution in [1.82, 2.24) is 4.98 Å². The fraction of sp³-hybridized carbons (Fsp3) is 0.333. The van der Waals surface area contributed by atoms with Gasteiger partial charge in [0.15, 0.2) is 0 Å². The Balaban J connectivity index is 2.02. The summed E-state index contributed by atoms with van der Waals surface area (Å²) in [7, 11) is 0. The van der Waals surface area contributed by atoms with Gasteiger partial charge in [0, 0.05) is 30.4 Å². The van der Waals surface area contributed by atoms with E-state index in [9.17, 15) is 4.79 Å². The smallest absolute Gasteiger partial charge is 0.222 e. The van der Waals surface area contributed by atoms with Gasteiger partial charge >= 0.3 is 0 Å². The Morgan fingerprint density at radius 3 is 3.00 bits per heavy atom. The van der Waals surface area contributed by atoms with Gasteiger partial charge in [0.05, 0.1) is 17.1 Å². The van der Waals surface area contributed by atoms with E-state index in [1.54, 1.807) is 6.20 Å². The van der Waals surface area contributed by atoms with E-state index in [1.165, 1.54) is 0 Å². The number of nitrogens with two attached hydrogens (primary N) is 2. The maximum absolute atomic E-state index is 11.4. The van der Waals surface area contributed by atoms with Gasteiger partial charge in [-0.1, -0.05) is 0 Å². The Labute approximate surface area is 117 Å². The summed E-state index contributed by atoms with van der Waals surface area (Å²) >= 11 is 0. The molecule has 1 aromatic carbocycles. The number of fused-ring (bicyclic) bond motifs is 1. The summed E-state index contributed by atoms with van der Waals surface area (Å²) in [4.78, 5) is 18.0. The number of carbonyl (C=O) groups is 1. The van der Waals surface area contributed by atoms with Crippen molar-refractivity contribution in [2.75, 3.05) is 23.7 Å². The van der Waals surface area contributed by atoms with Gasteiger partial charge in [0.1, 0.15) is 0 Å². The van der Waals surface area contributed by atoms with Crippen LogP contribution in [0.4, 0.5) is 11.4 Å². The number of rotatable bonds is 2. The number of primary amides is 1. The second kappa shape index (κ2) is 5.00. The number of benzene rings is 1. The van der Waals surface area contributed by atoms with Gasteiger partial charge in [-0.05, 0) is 37.1 Å². The van der Waals surface area contributed by atoms with Crippen LogP contribution in [0, 0.1) is 5.92 Å². The highest BCUT2D eigenvalue weighted by molar-refractivity contribution is 5.98. The van der Waals surface area contributed by atoms with Crippen LogP contribution < -0.4 is 16.4 Å². The van der Waals surface area contributed by atoms with Crippen molar-refractivity contribution in [3.05, 3.63) is 30.5 Å². The summed E-state index contributed by atoms with van der Waals surface area (Å²) in [5.74, 6) is -0.303. The van der Waals surface area contributed by atoms with Crippen molar-refractivity contribution in [2.24, 2.45) is 11.7 Å². The average Bonchev–Trinajstić information content (AvgIpc) is 2.48. The summed E-state index contributed by atoms with van der Waals surface area (Å²) in [5.41, 5.74) is 14.1. The van der Waals surface area contributed by atoms with E-state index < -0.39 is 0 Å². The molecule has 0 radical (unpaired) electrons. The van der Waals surface area contributed by atoms with E-state index >= 15 is 0 Å². The van der Waals surface area contributed by atoms with Gasteiger partial charge in [-0.2, -0.15) is 0 Å². The molecule has 3 rings (SSSR count). The SMILES string of the molecule is NC(=O)C1CCCN(c2ccc(N)c3cccnc23)C1. The topological polar surface area (TPSA) is 85.2 Å². The second-order valence-corrected chi connectivity index (χ2v) is 5.26. The molecule has 1 aliphatic heterocycles. The maximum atomic E-state index is 11.4. The van der Waals surface area contributed by atoms with Crippen LogP contribution in [0.25, 0.3) is 10.9 Å². The lowest BCUT2D eigenvalue weighted by molar-refractivity contribution is -0.122. The van der Waals surface area contributed by atoms with Crippen LogP contribution in [0.5, 0.6) is 0 Å². The van der Waals surface area contributed by atoms with Gasteiger partial charge in [-0.25, -0.2) is 0 Å². The zero-order valence-electron chi connectivity index (χ0n) is 11.2. The first kappa shape index (κ1) is 12.7. The van der Waals surface area contributed by atoms with E-state index in [2.05, 4.69) is 9.88 Å². The van der Waals surface area contributed by atoms with Gasteiger partial charge in [0.25, 0.3) is 0 Å². The number of amides is 1. The molecule has 2 heterocycles. The number of aromatic nitrogens is 1. The third-order valence-electron chi connectivity index (χ3n) is 3.95. The highest BCUT2D eigenvalue weighted by Crippen LogP contribution is 2.31. The Morgan fingerprint density at radius 2 is 2.20 bits per heavy atom. The van der Waals surface area contributed by atoms with Crippen molar-refractivity contribution in [2.45, 2.75) is 12.8 Å². The van der Waals surface area contributed by atoms with E-state index in [0.717, 1.165) is 41.7 Å². The molecule has 5 nitrogen and oxygen atoms in total. The van der Waals surface area contributed by atoms with Crippen LogP contribution in [-0.2, 0) is 4.79 Å². The van der Waals surface area contributed by atoms with Crippen molar-refractivity contribution >= 4 is 28.2 Å². The summed E-state index contributed by atoms with van der Waals surface area (Å²) < 4.78 is 0. The molecular formula is C15H18N4O. The van der Waals surface area contributed by atoms with E-state index in [1.807, 2.05) is 24.3 Å². The minimum Gasteiger partial charge on any atom is -0.398 e. The third kappa shape index (κ3) is 2.15. The molecule has 1 amide bonds. The van der Waals surface area contributed by atoms with Gasteiger partial charge in [-0.3, -0.25) is 9.78 Å². The Bertz CT molecular complexity index is 655. The zero-order valence-corrected chi connectivity index (χ0v) is 11.2. The van der Waals surface area contributed by atoms with Crippen LogP contribution >= 0.6 is 0 Å². The average molecular weight is 270 g/mol. The lowest BCUT2D eigenvalue weighted by Gasteiger charge is -2.33. The molecule has 1 fully saturated rings. The summed E-state index contributed by atoms with van der Waals surface area (Å²) in [6.45, 7) is 1.57. The van der Waals surface area contributed by atoms with Gasteiger partial charge < -0.3 is 16.4 Å². The molecule has 0 aliphatic carbocycles. The van der Waals surface area contributed by atoms with E-state index in [0.29, 0.717) is 6.54 Å². The minimum atomic E-state index is -0.220. The molecule has 2 aromatic rings. The van der Waals surface area contributed by atoms with E-state index in [4.69, 9.17) is 11.5 Å². The standard InChI is InChI=1S/C15H18N4O/c16-12-5-6-13(14-11(12)4-1-7-18-14)19-8-2-3-10(9-19)15(17)20/h1,4-7,10H,2-3,8-9,16H2,(H2,17,20). The number of piperidine rings is 1. The normalized spacial score (nSPS) is 19.2. The highest BCUT2D eigenvalue weighted by Gasteiger charge is 2.25. The molecule has 1 unspecified atom stereocenters. The van der Waals surface area contributed by atoms with Crippen molar-refractivity contribution in [3.8, 4) is 0 Å². The molecule has 104 valence electrons. The Hall–Kier alpha value is -2.30. The summed E-state index contributed by atoms with van der Waals surface area (Å²) in [6, 6.07) is 7.73. The Morgan fingerprint density at radius 1 is 1.35 bits per heavy atom. The number of carbonyl (C=O) groups excluding carboxylic acids is 1. The number of hydrogen-bond acceptors (Lipinski definition) is 4. The van der Waals surface area contributed by atoms with Crippen LogP contribution in [0.3, 0.4) is 0 Å². The lowest BCUT2D eigenvalue weighted by Crippen LogP contribution is -2.41. The molecule has 20 heavy (non-hydrogen) atoms. The quantitative estimate of drug-likeness (QED) is 0.810. The second-order valence-electron chi connectivity index (χ2n) is 5.26. The highest BCUT2D eigenvalue weighted by atomic mass is 16.1. The van der Waals surface area contributed by atoms with Gasteiger partial charge in [0.2, 0.25) is 5.91 Å². The molecule has 0 spiro atoms. The fourth-order valence-electron chi connectivity index (χ4n) is 2.86. The van der Waals surface area contributed by atoms with Crippen LogP contribution in [0.1, 0.15) is 12.8 Å². The van der Waals surface area contributed by atoms with Crippen LogP contribution in [-0.4, -0.2) is 24.0 Å². The molecule has 4 N–H and O–H groups in total. The molecular weight excluding hydrogens is 252 g/mol. The Kier molecular flexibility index (Phi) is 3.18. The van der Waals surface area contributed by atoms with Crippen LogP contribution in [0.15, 0.2) is 30.5 Å². The fourth-order valence-corrected chi connectivity index (χ4v) is 2.86. The maximum Gasteiger partial charge on any atom is 0.222 e. The number of nitrogens with zero attached hydrogens (tertiary/aromatic N) is 2. The predicted molar refractivity (Wildman–Crippen MR) is 80.3 cm³/mol. The molecule has 1 aromatic heterocycles. The summed E-state index contributed by atoms with van der Waals surface area (Å²) in [6.07, 6.45) is 3.60. The monoisotopic (exact) mass is 270 g/mol. The van der Waals surface area contributed by atoms with Crippen molar-refractivity contribution in [3.63, 3.8) is 0 Å². The van der Waals surface area contributed by atoms with Crippen molar-refractivity contribution in [1.29, 1.82) is 0 Å². The molecule has 5 heteroatoms. The number of hydrogen-bond donors (Lipinski definition) is 2. The van der Waals surface area contributed by atoms with E-state index in [-0.39, 0.29) is 11.8 Å². The molecule has 1 atom stereocenters. The first-order chi connectivity index (χ1) is 9.66. The zero-order chi connectivity index (χ0) is 14.1. The molecule has 0 bridgehead atoms. The van der Waals surface area contributed by atoms with Crippen molar-refractivity contribution < 1.29 is 4.79 Å². The first-order valence-corrected chi connectivity index (χ1v) is 6.84. The molecule has 1 aliphatic rings. The minimum absolute atomic E-state index is 0.0833. The number of pyridine rings is 1. The third-order valence-corrected chi connectivity index (χ3v) is 3.95. The van der Waals surface area contributed by atoms with Crippen LogP contribution in [0.2, 0.25) is 0 Å². The number of nitrogen functional groups attached to an aromatic ring is 1.